The van der Waals surface area contributed by atoms with E-state index in [9.17, 15) is 4.79 Å². The number of ether oxygens (including phenoxy) is 1. The fourth-order valence-corrected chi connectivity index (χ4v) is 1.67. The summed E-state index contributed by atoms with van der Waals surface area (Å²) in [6, 6.07) is 5.02. The zero-order chi connectivity index (χ0) is 12.7. The molecule has 1 rings (SSSR count). The van der Waals surface area contributed by atoms with E-state index >= 15 is 0 Å². The summed E-state index contributed by atoms with van der Waals surface area (Å²) >= 11 is 6.23. The normalized spacial score (nSPS) is 10.3. The fourth-order valence-electron chi connectivity index (χ4n) is 1.05. The zero-order valence-corrected chi connectivity index (χ0v) is 10.6. The molecule has 0 unspecified atom stereocenters. The number of rotatable bonds is 6. The van der Waals surface area contributed by atoms with Crippen molar-refractivity contribution in [3.05, 3.63) is 23.8 Å². The maximum atomic E-state index is 11.2. The first kappa shape index (κ1) is 14.3. The van der Waals surface area contributed by atoms with Crippen molar-refractivity contribution in [2.45, 2.75) is 18.2 Å². The van der Waals surface area contributed by atoms with Gasteiger partial charge in [0.1, 0.15) is 5.75 Å². The van der Waals surface area contributed by atoms with Crippen LogP contribution in [0.25, 0.3) is 0 Å². The van der Waals surface area contributed by atoms with Crippen LogP contribution in [-0.4, -0.2) is 17.1 Å². The van der Waals surface area contributed by atoms with E-state index in [2.05, 4.69) is 9.37 Å². The van der Waals surface area contributed by atoms with Gasteiger partial charge in [0, 0.05) is 10.8 Å². The predicted molar refractivity (Wildman–Crippen MR) is 62.8 cm³/mol. The molecule has 0 radical (unpaired) electrons. The molecule has 0 aliphatic rings. The Morgan fingerprint density at radius 3 is 2.94 bits per heavy atom. The van der Waals surface area contributed by atoms with Gasteiger partial charge >= 0.3 is 5.97 Å². The number of benzene rings is 1. The maximum absolute atomic E-state index is 11.2. The summed E-state index contributed by atoms with van der Waals surface area (Å²) in [6.07, 6.45) is 0.147. The molecule has 1 aromatic rings. The number of alkyl halides is 1. The van der Waals surface area contributed by atoms with Crippen molar-refractivity contribution < 1.29 is 24.2 Å². The second-order valence-corrected chi connectivity index (χ2v) is 4.19. The highest BCUT2D eigenvalue weighted by Gasteiger charge is 2.07. The van der Waals surface area contributed by atoms with Gasteiger partial charge in [-0.05, 0) is 24.6 Å². The SMILES string of the molecule is Cc1ccc(OC(=O)CCCl)cc1SOOO. The number of esters is 1. The Morgan fingerprint density at radius 2 is 2.29 bits per heavy atom. The molecule has 0 fully saturated rings. The second-order valence-electron chi connectivity index (χ2n) is 3.07. The largest absolute Gasteiger partial charge is 0.426 e. The Morgan fingerprint density at radius 1 is 1.53 bits per heavy atom. The van der Waals surface area contributed by atoms with E-state index in [4.69, 9.17) is 21.6 Å². The molecule has 0 saturated heterocycles. The smallest absolute Gasteiger partial charge is 0.312 e. The van der Waals surface area contributed by atoms with E-state index in [1.165, 1.54) is 0 Å². The van der Waals surface area contributed by atoms with Crippen LogP contribution in [0.3, 0.4) is 0 Å². The van der Waals surface area contributed by atoms with Gasteiger partial charge in [-0.25, -0.2) is 5.26 Å². The van der Waals surface area contributed by atoms with Gasteiger partial charge in [0.05, 0.1) is 18.5 Å². The van der Waals surface area contributed by atoms with Gasteiger partial charge in [-0.2, -0.15) is 0 Å². The molecule has 0 saturated carbocycles. The highest BCUT2D eigenvalue weighted by Crippen LogP contribution is 2.27. The van der Waals surface area contributed by atoms with Gasteiger partial charge in [0.2, 0.25) is 0 Å². The van der Waals surface area contributed by atoms with Crippen molar-refractivity contribution in [2.75, 3.05) is 5.88 Å². The minimum Gasteiger partial charge on any atom is -0.426 e. The van der Waals surface area contributed by atoms with Crippen LogP contribution in [0.15, 0.2) is 23.1 Å². The number of halogens is 1. The molecule has 94 valence electrons. The fraction of sp³-hybridized carbons (Fsp3) is 0.300. The lowest BCUT2D eigenvalue weighted by atomic mass is 10.2. The Bertz CT molecular complexity index is 385. The third-order valence-electron chi connectivity index (χ3n) is 1.84. The summed E-state index contributed by atoms with van der Waals surface area (Å²) in [6.45, 7) is 1.84. The topological polar surface area (TPSA) is 65.0 Å². The lowest BCUT2D eigenvalue weighted by Gasteiger charge is -2.07. The predicted octanol–water partition coefficient (Wildman–Crippen LogP) is 2.96. The molecule has 0 spiro atoms. The molecule has 0 aromatic heterocycles. The highest BCUT2D eigenvalue weighted by atomic mass is 35.5. The van der Waals surface area contributed by atoms with Crippen molar-refractivity contribution in [1.82, 2.24) is 0 Å². The van der Waals surface area contributed by atoms with E-state index in [1.54, 1.807) is 18.2 Å². The van der Waals surface area contributed by atoms with Crippen molar-refractivity contribution in [1.29, 1.82) is 0 Å². The molecule has 0 heterocycles. The number of hydrogen-bond donors (Lipinski definition) is 1. The third-order valence-corrected chi connectivity index (χ3v) is 2.78. The van der Waals surface area contributed by atoms with Crippen LogP contribution in [0, 0.1) is 6.92 Å². The van der Waals surface area contributed by atoms with E-state index < -0.39 is 5.97 Å². The summed E-state index contributed by atoms with van der Waals surface area (Å²) in [7, 11) is 0. The Labute approximate surface area is 108 Å². The number of carbonyl (C=O) groups excluding carboxylic acids is 1. The first-order valence-corrected chi connectivity index (χ1v) is 5.97. The van der Waals surface area contributed by atoms with Crippen molar-refractivity contribution >= 4 is 29.6 Å². The van der Waals surface area contributed by atoms with Crippen LogP contribution in [0.1, 0.15) is 12.0 Å². The second kappa shape index (κ2) is 7.52. The van der Waals surface area contributed by atoms with Crippen LogP contribution in [0.2, 0.25) is 0 Å². The molecule has 1 aromatic carbocycles. The maximum Gasteiger partial charge on any atom is 0.312 e. The summed E-state index contributed by atoms with van der Waals surface area (Å²) in [5.41, 5.74) is 0.893. The Hall–Kier alpha value is -0.790. The number of carbonyl (C=O) groups is 1. The molecule has 17 heavy (non-hydrogen) atoms. The average Bonchev–Trinajstić information content (AvgIpc) is 2.30. The molecular formula is C10H11ClO5S. The van der Waals surface area contributed by atoms with Crippen molar-refractivity contribution in [3.63, 3.8) is 0 Å². The summed E-state index contributed by atoms with van der Waals surface area (Å²) in [5, 5.41) is 11.6. The van der Waals surface area contributed by atoms with Crippen LogP contribution < -0.4 is 4.74 Å². The average molecular weight is 279 g/mol. The summed E-state index contributed by atoms with van der Waals surface area (Å²) < 4.78 is 9.35. The molecule has 0 atom stereocenters. The molecule has 0 aliphatic heterocycles. The lowest BCUT2D eigenvalue weighted by Crippen LogP contribution is -2.08. The van der Waals surface area contributed by atoms with Gasteiger partial charge in [-0.15, -0.1) is 15.9 Å². The van der Waals surface area contributed by atoms with Gasteiger partial charge in [-0.3, -0.25) is 4.79 Å². The minimum atomic E-state index is -0.404. The third kappa shape index (κ3) is 4.93. The van der Waals surface area contributed by atoms with Crippen molar-refractivity contribution in [3.8, 4) is 5.75 Å². The van der Waals surface area contributed by atoms with E-state index in [0.717, 1.165) is 17.6 Å². The Balaban J connectivity index is 2.70. The van der Waals surface area contributed by atoms with Gasteiger partial charge in [-0.1, -0.05) is 11.1 Å². The van der Waals surface area contributed by atoms with Gasteiger partial charge in [0.25, 0.3) is 0 Å². The monoisotopic (exact) mass is 278 g/mol. The molecular weight excluding hydrogens is 268 g/mol. The summed E-state index contributed by atoms with van der Waals surface area (Å²) in [4.78, 5) is 11.9. The first-order valence-electron chi connectivity index (χ1n) is 4.69. The number of aryl methyl sites for hydroxylation is 1. The first-order chi connectivity index (χ1) is 8.17. The molecule has 5 nitrogen and oxygen atoms in total. The molecule has 0 aliphatic carbocycles. The van der Waals surface area contributed by atoms with E-state index in [1.807, 2.05) is 6.92 Å². The number of hydrogen-bond acceptors (Lipinski definition) is 6. The van der Waals surface area contributed by atoms with Crippen molar-refractivity contribution in [2.24, 2.45) is 0 Å². The van der Waals surface area contributed by atoms with Gasteiger partial charge in [0.15, 0.2) is 0 Å². The van der Waals surface area contributed by atoms with Crippen LogP contribution in [0.5, 0.6) is 5.75 Å². The quantitative estimate of drug-likeness (QED) is 0.215. The van der Waals surface area contributed by atoms with Gasteiger partial charge < -0.3 is 4.74 Å². The summed E-state index contributed by atoms with van der Waals surface area (Å²) in [5.74, 6) is 0.196. The molecule has 7 heteroatoms. The minimum absolute atomic E-state index is 0.147. The van der Waals surface area contributed by atoms with E-state index in [0.29, 0.717) is 10.6 Å². The van der Waals surface area contributed by atoms with E-state index in [-0.39, 0.29) is 12.3 Å². The van der Waals surface area contributed by atoms with Crippen LogP contribution in [-0.2, 0) is 14.2 Å². The lowest BCUT2D eigenvalue weighted by molar-refractivity contribution is -0.432. The Kier molecular flexibility index (Phi) is 6.31. The molecule has 1 N–H and O–H groups in total. The standard InChI is InChI=1S/C10H11ClO5S/c1-7-2-3-8(14-10(12)4-5-11)6-9(7)17-16-15-13/h2-3,6,13H,4-5H2,1H3. The van der Waals surface area contributed by atoms with Crippen LogP contribution in [0.4, 0.5) is 0 Å². The van der Waals surface area contributed by atoms with Crippen LogP contribution >= 0.6 is 23.6 Å². The molecule has 0 amide bonds. The highest BCUT2D eigenvalue weighted by molar-refractivity contribution is 7.94. The zero-order valence-electron chi connectivity index (χ0n) is 9.01. The molecule has 0 bridgehead atoms.